The third kappa shape index (κ3) is 5.82. The number of anilines is 2. The Hall–Kier alpha value is -3.57. The van der Waals surface area contributed by atoms with E-state index in [1.165, 1.54) is 11.8 Å². The molecule has 0 spiro atoms. The summed E-state index contributed by atoms with van der Waals surface area (Å²) in [4.78, 5) is 12.0. The van der Waals surface area contributed by atoms with Crippen molar-refractivity contribution in [3.63, 3.8) is 0 Å². The quantitative estimate of drug-likeness (QED) is 0.339. The molecule has 33 heavy (non-hydrogen) atoms. The first-order valence-corrected chi connectivity index (χ1v) is 11.3. The predicted molar refractivity (Wildman–Crippen MR) is 127 cm³/mol. The molecule has 0 unspecified atom stereocenters. The fraction of sp³-hybridized carbons (Fsp3) is 0.190. The molecule has 12 heteroatoms. The second kappa shape index (κ2) is 10.4. The Morgan fingerprint density at radius 3 is 2.15 bits per heavy atom. The van der Waals surface area contributed by atoms with Crippen LogP contribution in [0.15, 0.2) is 53.7 Å². The van der Waals surface area contributed by atoms with Crippen molar-refractivity contribution in [2.75, 3.05) is 18.1 Å². The highest BCUT2D eigenvalue weighted by molar-refractivity contribution is 7.98. The third-order valence-corrected chi connectivity index (χ3v) is 5.51. The standard InChI is InChI=1S/C21H21ClN8O2S/c1-2-31-15-7-9-16(10-8-15)32-11-18-28-29-21(30(18)14-5-3-13(22)4-6-14)33-12-17-25-19(23)27-20(24)26-17/h3-10H,2,11-12H2,1H3,(H4,23,24,25,26,27). The number of hydrogen-bond donors (Lipinski definition) is 2. The van der Waals surface area contributed by atoms with Crippen LogP contribution in [0, 0.1) is 0 Å². The molecule has 170 valence electrons. The van der Waals surface area contributed by atoms with Crippen LogP contribution in [0.3, 0.4) is 0 Å². The molecule has 0 fully saturated rings. The van der Waals surface area contributed by atoms with Crippen LogP contribution in [0.5, 0.6) is 11.5 Å². The first-order chi connectivity index (χ1) is 16.0. The van der Waals surface area contributed by atoms with E-state index in [1.54, 1.807) is 12.1 Å². The Kier molecular flexibility index (Phi) is 7.10. The molecule has 2 aromatic heterocycles. The zero-order valence-corrected chi connectivity index (χ0v) is 19.3. The Morgan fingerprint density at radius 2 is 1.52 bits per heavy atom. The van der Waals surface area contributed by atoms with E-state index in [9.17, 15) is 0 Å². The van der Waals surface area contributed by atoms with E-state index in [4.69, 9.17) is 32.5 Å². The fourth-order valence-corrected chi connectivity index (χ4v) is 3.89. The number of thioether (sulfide) groups is 1. The van der Waals surface area contributed by atoms with E-state index in [-0.39, 0.29) is 18.5 Å². The number of hydrogen-bond acceptors (Lipinski definition) is 10. The second-order valence-corrected chi connectivity index (χ2v) is 8.04. The summed E-state index contributed by atoms with van der Waals surface area (Å²) in [5.41, 5.74) is 12.2. The molecular weight excluding hydrogens is 464 g/mol. The van der Waals surface area contributed by atoms with Gasteiger partial charge in [-0.2, -0.15) is 15.0 Å². The second-order valence-electron chi connectivity index (χ2n) is 6.66. The first kappa shape index (κ1) is 22.6. The van der Waals surface area contributed by atoms with Gasteiger partial charge in [-0.3, -0.25) is 4.57 Å². The van der Waals surface area contributed by atoms with E-state index in [2.05, 4.69) is 25.1 Å². The fourth-order valence-electron chi connectivity index (χ4n) is 2.93. The Labute approximate surface area is 199 Å². The van der Waals surface area contributed by atoms with Gasteiger partial charge in [0.1, 0.15) is 23.9 Å². The summed E-state index contributed by atoms with van der Waals surface area (Å²) in [6, 6.07) is 14.8. The zero-order chi connectivity index (χ0) is 23.2. The molecule has 2 aromatic carbocycles. The van der Waals surface area contributed by atoms with Gasteiger partial charge >= 0.3 is 0 Å². The minimum Gasteiger partial charge on any atom is -0.494 e. The van der Waals surface area contributed by atoms with Crippen molar-refractivity contribution in [1.29, 1.82) is 0 Å². The van der Waals surface area contributed by atoms with Crippen LogP contribution in [0.4, 0.5) is 11.9 Å². The van der Waals surface area contributed by atoms with Crippen molar-refractivity contribution in [2.24, 2.45) is 0 Å². The number of rotatable bonds is 9. The highest BCUT2D eigenvalue weighted by Gasteiger charge is 2.16. The van der Waals surface area contributed by atoms with Crippen LogP contribution in [-0.4, -0.2) is 36.3 Å². The lowest BCUT2D eigenvalue weighted by Gasteiger charge is -2.12. The lowest BCUT2D eigenvalue weighted by atomic mass is 10.3. The van der Waals surface area contributed by atoms with Crippen LogP contribution in [0.1, 0.15) is 18.6 Å². The molecule has 10 nitrogen and oxygen atoms in total. The normalized spacial score (nSPS) is 10.8. The van der Waals surface area contributed by atoms with E-state index >= 15 is 0 Å². The lowest BCUT2D eigenvalue weighted by molar-refractivity contribution is 0.291. The SMILES string of the molecule is CCOc1ccc(OCc2nnc(SCc3nc(N)nc(N)n3)n2-c2ccc(Cl)cc2)cc1. The molecule has 4 rings (SSSR count). The third-order valence-electron chi connectivity index (χ3n) is 4.33. The van der Waals surface area contributed by atoms with Gasteiger partial charge in [-0.05, 0) is 55.5 Å². The van der Waals surface area contributed by atoms with Crippen LogP contribution in [-0.2, 0) is 12.4 Å². The summed E-state index contributed by atoms with van der Waals surface area (Å²) in [7, 11) is 0. The molecule has 0 bridgehead atoms. The van der Waals surface area contributed by atoms with Gasteiger partial charge in [0.15, 0.2) is 11.0 Å². The Morgan fingerprint density at radius 1 is 0.879 bits per heavy atom. The van der Waals surface area contributed by atoms with Gasteiger partial charge in [-0.1, -0.05) is 23.4 Å². The molecule has 0 saturated carbocycles. The van der Waals surface area contributed by atoms with E-state index in [0.717, 1.165) is 11.4 Å². The Bertz CT molecular complexity index is 1200. The average molecular weight is 485 g/mol. The molecule has 0 aliphatic rings. The molecule has 0 amide bonds. The number of halogens is 1. The summed E-state index contributed by atoms with van der Waals surface area (Å²) in [5.74, 6) is 3.05. The van der Waals surface area contributed by atoms with Crippen LogP contribution in [0.2, 0.25) is 5.02 Å². The summed E-state index contributed by atoms with van der Waals surface area (Å²) in [5, 5.41) is 9.92. The summed E-state index contributed by atoms with van der Waals surface area (Å²) in [6.07, 6.45) is 0. The molecular formula is C21H21ClN8O2S. The molecule has 0 aliphatic heterocycles. The van der Waals surface area contributed by atoms with Gasteiger partial charge in [-0.15, -0.1) is 10.2 Å². The van der Waals surface area contributed by atoms with E-state index < -0.39 is 0 Å². The minimum atomic E-state index is 0.0710. The number of benzene rings is 2. The maximum Gasteiger partial charge on any atom is 0.225 e. The summed E-state index contributed by atoms with van der Waals surface area (Å²) < 4.78 is 13.3. The number of ether oxygens (including phenoxy) is 2. The number of aromatic nitrogens is 6. The van der Waals surface area contributed by atoms with E-state index in [1.807, 2.05) is 47.9 Å². The molecule has 4 N–H and O–H groups in total. The topological polar surface area (TPSA) is 140 Å². The average Bonchev–Trinajstić information content (AvgIpc) is 3.20. The molecule has 4 aromatic rings. The molecule has 0 saturated heterocycles. The van der Waals surface area contributed by atoms with Gasteiger partial charge in [-0.25, -0.2) is 0 Å². The van der Waals surface area contributed by atoms with Gasteiger partial charge in [0, 0.05) is 10.7 Å². The number of nitrogen functional groups attached to an aromatic ring is 2. The summed E-state index contributed by atoms with van der Waals surface area (Å²) in [6.45, 7) is 2.75. The number of nitrogens with zero attached hydrogens (tertiary/aromatic N) is 6. The lowest BCUT2D eigenvalue weighted by Crippen LogP contribution is -2.08. The van der Waals surface area contributed by atoms with Crippen LogP contribution in [0.25, 0.3) is 5.69 Å². The highest BCUT2D eigenvalue weighted by Crippen LogP contribution is 2.26. The predicted octanol–water partition coefficient (Wildman–Crippen LogP) is 3.54. The summed E-state index contributed by atoms with van der Waals surface area (Å²) >= 11 is 7.46. The van der Waals surface area contributed by atoms with Crippen molar-refractivity contribution in [1.82, 2.24) is 29.7 Å². The van der Waals surface area contributed by atoms with Crippen LogP contribution < -0.4 is 20.9 Å². The van der Waals surface area contributed by atoms with Gasteiger partial charge in [0.2, 0.25) is 11.9 Å². The van der Waals surface area contributed by atoms with Crippen LogP contribution >= 0.6 is 23.4 Å². The molecule has 0 aliphatic carbocycles. The van der Waals surface area contributed by atoms with E-state index in [0.29, 0.717) is 39.9 Å². The van der Waals surface area contributed by atoms with Gasteiger partial charge in [0.05, 0.1) is 12.4 Å². The molecule has 0 radical (unpaired) electrons. The zero-order valence-electron chi connectivity index (χ0n) is 17.7. The monoisotopic (exact) mass is 484 g/mol. The Balaban J connectivity index is 1.56. The van der Waals surface area contributed by atoms with Crippen molar-refractivity contribution in [3.8, 4) is 17.2 Å². The van der Waals surface area contributed by atoms with Crippen molar-refractivity contribution in [2.45, 2.75) is 24.4 Å². The highest BCUT2D eigenvalue weighted by atomic mass is 35.5. The van der Waals surface area contributed by atoms with Crippen molar-refractivity contribution >= 4 is 35.3 Å². The van der Waals surface area contributed by atoms with Crippen molar-refractivity contribution in [3.05, 3.63) is 65.2 Å². The largest absolute Gasteiger partial charge is 0.494 e. The number of nitrogens with two attached hydrogens (primary N) is 2. The maximum absolute atomic E-state index is 6.07. The first-order valence-electron chi connectivity index (χ1n) is 9.96. The molecule has 2 heterocycles. The minimum absolute atomic E-state index is 0.0710. The smallest absolute Gasteiger partial charge is 0.225 e. The molecule has 0 atom stereocenters. The maximum atomic E-state index is 6.07. The van der Waals surface area contributed by atoms with Gasteiger partial charge in [0.25, 0.3) is 0 Å². The van der Waals surface area contributed by atoms with Crippen molar-refractivity contribution < 1.29 is 9.47 Å². The van der Waals surface area contributed by atoms with Gasteiger partial charge < -0.3 is 20.9 Å².